The number of ether oxygens (including phenoxy) is 1. The number of carbonyl (C=O) groups is 1. The van der Waals surface area contributed by atoms with Crippen LogP contribution in [0.4, 0.5) is 5.69 Å². The molecule has 0 fully saturated rings. The first kappa shape index (κ1) is 20.9. The van der Waals surface area contributed by atoms with Crippen molar-refractivity contribution in [2.24, 2.45) is 7.05 Å². The van der Waals surface area contributed by atoms with E-state index < -0.39 is 0 Å². The zero-order valence-electron chi connectivity index (χ0n) is 17.5. The Balaban J connectivity index is 1.37. The summed E-state index contributed by atoms with van der Waals surface area (Å²) in [5.41, 5.74) is 1.95. The highest BCUT2D eigenvalue weighted by atomic mass is 32.2. The van der Waals surface area contributed by atoms with E-state index in [4.69, 9.17) is 4.74 Å². The molecule has 0 aliphatic heterocycles. The Morgan fingerprint density at radius 2 is 1.81 bits per heavy atom. The van der Waals surface area contributed by atoms with Crippen LogP contribution in [0, 0.1) is 0 Å². The Bertz CT molecular complexity index is 1180. The topological polar surface area (TPSA) is 69.0 Å². The molecule has 7 heteroatoms. The van der Waals surface area contributed by atoms with Gasteiger partial charge in [-0.15, -0.1) is 10.2 Å². The number of rotatable bonds is 8. The zero-order valence-corrected chi connectivity index (χ0v) is 18.4. The van der Waals surface area contributed by atoms with Gasteiger partial charge in [-0.2, -0.15) is 0 Å². The Morgan fingerprint density at radius 3 is 2.61 bits per heavy atom. The molecule has 158 valence electrons. The molecule has 0 unspecified atom stereocenters. The van der Waals surface area contributed by atoms with Crippen molar-refractivity contribution >= 4 is 34.1 Å². The first-order valence-corrected chi connectivity index (χ1v) is 11.1. The van der Waals surface area contributed by atoms with Crippen LogP contribution in [0.5, 0.6) is 5.75 Å². The van der Waals surface area contributed by atoms with Crippen molar-refractivity contribution < 1.29 is 9.53 Å². The SMILES string of the molecule is CCOc1ccc(NC(=O)CSc2nnc(Cc3cccc4ccccc34)n2C)cc1. The molecule has 0 saturated heterocycles. The molecule has 31 heavy (non-hydrogen) atoms. The Hall–Kier alpha value is -3.32. The minimum Gasteiger partial charge on any atom is -0.494 e. The molecule has 0 spiro atoms. The number of benzene rings is 3. The molecule has 0 aliphatic rings. The highest BCUT2D eigenvalue weighted by Gasteiger charge is 2.13. The van der Waals surface area contributed by atoms with Gasteiger partial charge in [0, 0.05) is 19.2 Å². The summed E-state index contributed by atoms with van der Waals surface area (Å²) in [5, 5.41) is 14.7. The van der Waals surface area contributed by atoms with E-state index in [1.54, 1.807) is 0 Å². The summed E-state index contributed by atoms with van der Waals surface area (Å²) in [6.45, 7) is 2.55. The Kier molecular flexibility index (Phi) is 6.52. The van der Waals surface area contributed by atoms with Gasteiger partial charge in [0.1, 0.15) is 11.6 Å². The van der Waals surface area contributed by atoms with E-state index in [-0.39, 0.29) is 11.7 Å². The number of amides is 1. The molecule has 3 aromatic carbocycles. The summed E-state index contributed by atoms with van der Waals surface area (Å²) in [7, 11) is 1.94. The number of hydrogen-bond acceptors (Lipinski definition) is 5. The molecule has 0 bridgehead atoms. The molecule has 0 aliphatic carbocycles. The molecule has 0 radical (unpaired) electrons. The second-order valence-corrected chi connectivity index (χ2v) is 8.01. The lowest BCUT2D eigenvalue weighted by Crippen LogP contribution is -2.14. The van der Waals surface area contributed by atoms with Gasteiger partial charge in [-0.25, -0.2) is 0 Å². The van der Waals surface area contributed by atoms with Crippen molar-refractivity contribution in [2.75, 3.05) is 17.7 Å². The highest BCUT2D eigenvalue weighted by Crippen LogP contribution is 2.23. The normalized spacial score (nSPS) is 10.9. The third kappa shape index (κ3) is 5.06. The van der Waals surface area contributed by atoms with Gasteiger partial charge in [0.05, 0.1) is 12.4 Å². The van der Waals surface area contributed by atoms with Crippen LogP contribution in [0.1, 0.15) is 18.3 Å². The molecule has 1 amide bonds. The number of nitrogens with zero attached hydrogens (tertiary/aromatic N) is 3. The van der Waals surface area contributed by atoms with Gasteiger partial charge in [-0.3, -0.25) is 4.79 Å². The lowest BCUT2D eigenvalue weighted by molar-refractivity contribution is -0.113. The monoisotopic (exact) mass is 432 g/mol. The van der Waals surface area contributed by atoms with E-state index >= 15 is 0 Å². The maximum Gasteiger partial charge on any atom is 0.234 e. The standard InChI is InChI=1S/C24H24N4O2S/c1-3-30-20-13-11-19(12-14-20)25-23(29)16-31-24-27-26-22(28(24)2)15-18-9-6-8-17-7-4-5-10-21(17)18/h4-14H,3,15-16H2,1-2H3,(H,25,29). The molecule has 0 atom stereocenters. The lowest BCUT2D eigenvalue weighted by atomic mass is 10.0. The molecule has 1 aromatic heterocycles. The van der Waals surface area contributed by atoms with Crippen molar-refractivity contribution in [1.29, 1.82) is 0 Å². The predicted molar refractivity (Wildman–Crippen MR) is 125 cm³/mol. The summed E-state index contributed by atoms with van der Waals surface area (Å²) >= 11 is 1.37. The van der Waals surface area contributed by atoms with Gasteiger partial charge >= 0.3 is 0 Å². The van der Waals surface area contributed by atoms with Crippen molar-refractivity contribution in [3.8, 4) is 5.75 Å². The number of aromatic nitrogens is 3. The minimum absolute atomic E-state index is 0.0900. The fourth-order valence-corrected chi connectivity index (χ4v) is 4.10. The van der Waals surface area contributed by atoms with Crippen LogP contribution in [0.2, 0.25) is 0 Å². The number of carbonyl (C=O) groups excluding carboxylic acids is 1. The van der Waals surface area contributed by atoms with Gasteiger partial charge in [0.15, 0.2) is 5.16 Å². The summed E-state index contributed by atoms with van der Waals surface area (Å²) < 4.78 is 7.37. The van der Waals surface area contributed by atoms with Crippen LogP contribution in [-0.4, -0.2) is 33.0 Å². The lowest BCUT2D eigenvalue weighted by Gasteiger charge is -2.08. The van der Waals surface area contributed by atoms with Gasteiger partial charge in [0.25, 0.3) is 0 Å². The van der Waals surface area contributed by atoms with E-state index in [2.05, 4.69) is 45.8 Å². The Labute approximate surface area is 185 Å². The third-order valence-electron chi connectivity index (χ3n) is 4.94. The minimum atomic E-state index is -0.0900. The molecule has 1 N–H and O–H groups in total. The second-order valence-electron chi connectivity index (χ2n) is 7.07. The highest BCUT2D eigenvalue weighted by molar-refractivity contribution is 7.99. The predicted octanol–water partition coefficient (Wildman–Crippen LogP) is 4.69. The van der Waals surface area contributed by atoms with E-state index in [0.717, 1.165) is 22.4 Å². The summed E-state index contributed by atoms with van der Waals surface area (Å²) in [5.74, 6) is 1.82. The molecule has 4 aromatic rings. The molecule has 4 rings (SSSR count). The van der Waals surface area contributed by atoms with E-state index in [0.29, 0.717) is 13.0 Å². The average molecular weight is 433 g/mol. The molecular weight excluding hydrogens is 408 g/mol. The maximum absolute atomic E-state index is 12.3. The van der Waals surface area contributed by atoms with Crippen LogP contribution < -0.4 is 10.1 Å². The zero-order chi connectivity index (χ0) is 21.6. The average Bonchev–Trinajstić information content (AvgIpc) is 3.13. The van der Waals surface area contributed by atoms with Crippen LogP contribution in [-0.2, 0) is 18.3 Å². The van der Waals surface area contributed by atoms with Crippen molar-refractivity contribution in [3.63, 3.8) is 0 Å². The summed E-state index contributed by atoms with van der Waals surface area (Å²) in [6.07, 6.45) is 0.684. The fourth-order valence-electron chi connectivity index (χ4n) is 3.37. The second kappa shape index (κ2) is 9.66. The van der Waals surface area contributed by atoms with Crippen LogP contribution in [0.25, 0.3) is 10.8 Å². The number of thioether (sulfide) groups is 1. The van der Waals surface area contributed by atoms with E-state index in [9.17, 15) is 4.79 Å². The van der Waals surface area contributed by atoms with Gasteiger partial charge < -0.3 is 14.6 Å². The summed E-state index contributed by atoms with van der Waals surface area (Å²) in [6, 6.07) is 22.0. The maximum atomic E-state index is 12.3. The fraction of sp³-hybridized carbons (Fsp3) is 0.208. The van der Waals surface area contributed by atoms with E-state index in [1.807, 2.05) is 54.9 Å². The molecule has 1 heterocycles. The van der Waals surface area contributed by atoms with Crippen LogP contribution >= 0.6 is 11.8 Å². The van der Waals surface area contributed by atoms with Gasteiger partial charge in [-0.05, 0) is 47.5 Å². The number of hydrogen-bond donors (Lipinski definition) is 1. The summed E-state index contributed by atoms with van der Waals surface area (Å²) in [4.78, 5) is 12.3. The van der Waals surface area contributed by atoms with Crippen LogP contribution in [0.3, 0.4) is 0 Å². The van der Waals surface area contributed by atoms with Crippen molar-refractivity contribution in [1.82, 2.24) is 14.8 Å². The smallest absolute Gasteiger partial charge is 0.234 e. The molecule has 0 saturated carbocycles. The first-order valence-electron chi connectivity index (χ1n) is 10.1. The van der Waals surface area contributed by atoms with Crippen molar-refractivity contribution in [3.05, 3.63) is 78.1 Å². The third-order valence-corrected chi connectivity index (χ3v) is 5.96. The first-order chi connectivity index (χ1) is 15.1. The number of fused-ring (bicyclic) bond motifs is 1. The number of anilines is 1. The van der Waals surface area contributed by atoms with Gasteiger partial charge in [0.2, 0.25) is 5.91 Å². The van der Waals surface area contributed by atoms with Crippen molar-refractivity contribution in [2.45, 2.75) is 18.5 Å². The quantitative estimate of drug-likeness (QED) is 0.409. The van der Waals surface area contributed by atoms with E-state index in [1.165, 1.54) is 28.1 Å². The molecule has 6 nitrogen and oxygen atoms in total. The number of nitrogens with one attached hydrogen (secondary N) is 1. The largest absolute Gasteiger partial charge is 0.494 e. The Morgan fingerprint density at radius 1 is 1.03 bits per heavy atom. The van der Waals surface area contributed by atoms with Gasteiger partial charge in [-0.1, -0.05) is 54.2 Å². The van der Waals surface area contributed by atoms with Crippen LogP contribution in [0.15, 0.2) is 71.9 Å². The molecular formula is C24H24N4O2S.